The van der Waals surface area contributed by atoms with Gasteiger partial charge in [-0.15, -0.1) is 0 Å². The molecule has 9 nitrogen and oxygen atoms in total. The maximum atomic E-state index is 12.2. The van der Waals surface area contributed by atoms with E-state index in [0.717, 1.165) is 0 Å². The smallest absolute Gasteiger partial charge is 0.276 e. The second kappa shape index (κ2) is 10.7. The third-order valence-electron chi connectivity index (χ3n) is 4.33. The van der Waals surface area contributed by atoms with Crippen LogP contribution in [0.4, 0.5) is 5.69 Å². The van der Waals surface area contributed by atoms with E-state index in [1.54, 1.807) is 37.5 Å². The predicted octanol–water partition coefficient (Wildman–Crippen LogP) is 3.00. The van der Waals surface area contributed by atoms with E-state index >= 15 is 0 Å². The molecule has 0 aromatic heterocycles. The zero-order chi connectivity index (χ0) is 22.1. The number of ether oxygens (including phenoxy) is 4. The second-order valence-corrected chi connectivity index (χ2v) is 6.08. The third kappa shape index (κ3) is 5.63. The molecule has 1 N–H and O–H groups in total. The van der Waals surface area contributed by atoms with Crippen molar-refractivity contribution >= 4 is 17.7 Å². The van der Waals surface area contributed by atoms with Gasteiger partial charge in [-0.2, -0.15) is 0 Å². The van der Waals surface area contributed by atoms with Crippen molar-refractivity contribution in [2.75, 3.05) is 35.0 Å². The van der Waals surface area contributed by atoms with Crippen molar-refractivity contribution in [3.8, 4) is 23.0 Å². The van der Waals surface area contributed by atoms with Crippen LogP contribution in [-0.4, -0.2) is 45.8 Å². The fraction of sp³-hybridized carbons (Fsp3) is 0.286. The number of amides is 1. The van der Waals surface area contributed by atoms with Crippen LogP contribution in [0.2, 0.25) is 0 Å². The zero-order valence-corrected chi connectivity index (χ0v) is 17.3. The standard InChI is InChI=1S/C21H24N2O7/c1-27-16-6-7-18(28-2)15(11-16)5-8-21(24)22-10-9-14-12-19(29-3)20(30-4)13-17(14)23(25)26/h5-8,11-13H,9-10H2,1-4H3,(H,22,24)/b8-5+. The third-order valence-corrected chi connectivity index (χ3v) is 4.33. The van der Waals surface area contributed by atoms with Crippen molar-refractivity contribution in [3.05, 3.63) is 57.6 Å². The number of nitro benzene ring substituents is 1. The van der Waals surface area contributed by atoms with Crippen LogP contribution in [0.3, 0.4) is 0 Å². The minimum Gasteiger partial charge on any atom is -0.497 e. The SMILES string of the molecule is COc1ccc(OC)c(/C=C/C(=O)NCCc2cc(OC)c(OC)cc2[N+](=O)[O-])c1. The number of hydrogen-bond acceptors (Lipinski definition) is 7. The summed E-state index contributed by atoms with van der Waals surface area (Å²) in [6.45, 7) is 0.203. The molecule has 0 saturated heterocycles. The van der Waals surface area contributed by atoms with Crippen molar-refractivity contribution in [3.63, 3.8) is 0 Å². The molecule has 0 fully saturated rings. The summed E-state index contributed by atoms with van der Waals surface area (Å²) in [6.07, 6.45) is 3.22. The van der Waals surface area contributed by atoms with E-state index in [4.69, 9.17) is 18.9 Å². The highest BCUT2D eigenvalue weighted by atomic mass is 16.6. The van der Waals surface area contributed by atoms with Crippen LogP contribution >= 0.6 is 0 Å². The lowest BCUT2D eigenvalue weighted by atomic mass is 10.1. The quantitative estimate of drug-likeness (QED) is 0.360. The first-order valence-electron chi connectivity index (χ1n) is 9.00. The highest BCUT2D eigenvalue weighted by Gasteiger charge is 2.19. The van der Waals surface area contributed by atoms with Crippen molar-refractivity contribution in [2.24, 2.45) is 0 Å². The van der Waals surface area contributed by atoms with Gasteiger partial charge in [0.2, 0.25) is 5.91 Å². The Kier molecular flexibility index (Phi) is 8.04. The maximum absolute atomic E-state index is 12.2. The fourth-order valence-electron chi connectivity index (χ4n) is 2.79. The van der Waals surface area contributed by atoms with Gasteiger partial charge < -0.3 is 24.3 Å². The van der Waals surface area contributed by atoms with Gasteiger partial charge in [-0.25, -0.2) is 0 Å². The fourth-order valence-corrected chi connectivity index (χ4v) is 2.79. The Bertz CT molecular complexity index is 941. The molecular formula is C21H24N2O7. The number of carbonyl (C=O) groups is 1. The van der Waals surface area contributed by atoms with E-state index in [0.29, 0.717) is 28.4 Å². The summed E-state index contributed by atoms with van der Waals surface area (Å²) in [7, 11) is 5.95. The molecule has 0 spiro atoms. The maximum Gasteiger partial charge on any atom is 0.276 e. The van der Waals surface area contributed by atoms with Gasteiger partial charge in [0.05, 0.1) is 39.4 Å². The van der Waals surface area contributed by atoms with Gasteiger partial charge in [-0.3, -0.25) is 14.9 Å². The molecular weight excluding hydrogens is 392 g/mol. The number of nitrogens with one attached hydrogen (secondary N) is 1. The van der Waals surface area contributed by atoms with Crippen LogP contribution in [0.15, 0.2) is 36.4 Å². The second-order valence-electron chi connectivity index (χ2n) is 6.08. The van der Waals surface area contributed by atoms with Gasteiger partial charge in [0.1, 0.15) is 11.5 Å². The zero-order valence-electron chi connectivity index (χ0n) is 17.3. The number of methoxy groups -OCH3 is 4. The largest absolute Gasteiger partial charge is 0.497 e. The Labute approximate surface area is 174 Å². The molecule has 0 unspecified atom stereocenters. The topological polar surface area (TPSA) is 109 Å². The monoisotopic (exact) mass is 416 g/mol. The molecule has 2 aromatic rings. The van der Waals surface area contributed by atoms with Crippen molar-refractivity contribution < 1.29 is 28.7 Å². The molecule has 2 rings (SSSR count). The van der Waals surface area contributed by atoms with E-state index < -0.39 is 4.92 Å². The lowest BCUT2D eigenvalue weighted by Crippen LogP contribution is -2.23. The number of benzene rings is 2. The van der Waals surface area contributed by atoms with Crippen molar-refractivity contribution in [1.82, 2.24) is 5.32 Å². The lowest BCUT2D eigenvalue weighted by Gasteiger charge is -2.11. The molecule has 30 heavy (non-hydrogen) atoms. The van der Waals surface area contributed by atoms with Gasteiger partial charge in [-0.05, 0) is 36.8 Å². The summed E-state index contributed by atoms with van der Waals surface area (Å²) >= 11 is 0. The average molecular weight is 416 g/mol. The lowest BCUT2D eigenvalue weighted by molar-refractivity contribution is -0.385. The number of nitrogens with zero attached hydrogens (tertiary/aromatic N) is 1. The summed E-state index contributed by atoms with van der Waals surface area (Å²) in [5.41, 5.74) is 1.01. The normalized spacial score (nSPS) is 10.5. The van der Waals surface area contributed by atoms with E-state index in [1.165, 1.54) is 33.5 Å². The van der Waals surface area contributed by atoms with Crippen LogP contribution in [0.1, 0.15) is 11.1 Å². The van der Waals surface area contributed by atoms with Gasteiger partial charge in [0.25, 0.3) is 5.69 Å². The molecule has 0 aliphatic rings. The Hall–Kier alpha value is -3.75. The summed E-state index contributed by atoms with van der Waals surface area (Å²) in [5, 5.41) is 14.1. The number of rotatable bonds is 10. The number of nitro groups is 1. The number of carbonyl (C=O) groups excluding carboxylic acids is 1. The molecule has 2 aromatic carbocycles. The summed E-state index contributed by atoms with van der Waals surface area (Å²) < 4.78 is 20.8. The minimum absolute atomic E-state index is 0.0986. The van der Waals surface area contributed by atoms with Crippen molar-refractivity contribution in [2.45, 2.75) is 6.42 Å². The van der Waals surface area contributed by atoms with Gasteiger partial charge in [-0.1, -0.05) is 0 Å². The Morgan fingerprint density at radius 3 is 2.27 bits per heavy atom. The highest BCUT2D eigenvalue weighted by molar-refractivity contribution is 5.92. The van der Waals surface area contributed by atoms with Gasteiger partial charge in [0, 0.05) is 23.7 Å². The first-order valence-corrected chi connectivity index (χ1v) is 9.00. The summed E-state index contributed by atoms with van der Waals surface area (Å²) in [5.74, 6) is 1.54. The molecule has 0 radical (unpaired) electrons. The van der Waals surface area contributed by atoms with Crippen LogP contribution in [0.25, 0.3) is 6.08 Å². The molecule has 0 atom stereocenters. The minimum atomic E-state index is -0.492. The molecule has 160 valence electrons. The molecule has 0 saturated carbocycles. The molecule has 9 heteroatoms. The van der Waals surface area contributed by atoms with E-state index in [2.05, 4.69) is 5.32 Å². The van der Waals surface area contributed by atoms with Crippen LogP contribution in [-0.2, 0) is 11.2 Å². The Balaban J connectivity index is 2.06. The summed E-state index contributed by atoms with van der Waals surface area (Å²) in [6, 6.07) is 8.10. The molecule has 0 aliphatic carbocycles. The van der Waals surface area contributed by atoms with Crippen molar-refractivity contribution in [1.29, 1.82) is 0 Å². The van der Waals surface area contributed by atoms with E-state index in [1.807, 2.05) is 0 Å². The van der Waals surface area contributed by atoms with E-state index in [-0.39, 0.29) is 30.3 Å². The van der Waals surface area contributed by atoms with Gasteiger partial charge >= 0.3 is 0 Å². The molecule has 0 heterocycles. The molecule has 0 bridgehead atoms. The van der Waals surface area contributed by atoms with Crippen LogP contribution in [0, 0.1) is 10.1 Å². The van der Waals surface area contributed by atoms with Crippen LogP contribution < -0.4 is 24.3 Å². The van der Waals surface area contributed by atoms with Crippen LogP contribution in [0.5, 0.6) is 23.0 Å². The Morgan fingerprint density at radius 2 is 1.67 bits per heavy atom. The predicted molar refractivity (Wildman–Crippen MR) is 111 cm³/mol. The highest BCUT2D eigenvalue weighted by Crippen LogP contribution is 2.34. The Morgan fingerprint density at radius 1 is 1.00 bits per heavy atom. The molecule has 0 aliphatic heterocycles. The first kappa shape index (κ1) is 22.5. The number of hydrogen-bond donors (Lipinski definition) is 1. The molecule has 1 amide bonds. The first-order chi connectivity index (χ1) is 14.4. The van der Waals surface area contributed by atoms with Gasteiger partial charge in [0.15, 0.2) is 11.5 Å². The summed E-state index contributed by atoms with van der Waals surface area (Å²) in [4.78, 5) is 23.0. The average Bonchev–Trinajstić information content (AvgIpc) is 2.76. The van der Waals surface area contributed by atoms with E-state index in [9.17, 15) is 14.9 Å².